The molecule has 88 valence electrons. The van der Waals surface area contributed by atoms with Gasteiger partial charge in [-0.15, -0.1) is 0 Å². The molecule has 0 aliphatic rings. The average Bonchev–Trinajstić information content (AvgIpc) is 2.27. The molecule has 1 N–H and O–H groups in total. The van der Waals surface area contributed by atoms with Crippen LogP contribution in [0, 0.1) is 0 Å². The fourth-order valence-corrected chi connectivity index (χ4v) is 2.33. The van der Waals surface area contributed by atoms with E-state index in [-0.39, 0.29) is 0 Å². The summed E-state index contributed by atoms with van der Waals surface area (Å²) in [6.07, 6.45) is 1.94. The lowest BCUT2D eigenvalue weighted by Gasteiger charge is -2.22. The van der Waals surface area contributed by atoms with Crippen LogP contribution in [0.3, 0.4) is 0 Å². The number of carbonyl (C=O) groups excluding carboxylic acids is 1. The van der Waals surface area contributed by atoms with Gasteiger partial charge in [-0.3, -0.25) is 0 Å². The zero-order valence-electron chi connectivity index (χ0n) is 9.54. The SMILES string of the molecule is C=CC(=O)ONCCC[Si](C)(OC)OC. The van der Waals surface area contributed by atoms with E-state index in [0.29, 0.717) is 6.54 Å². The molecule has 0 radical (unpaired) electrons. The minimum Gasteiger partial charge on any atom is -0.398 e. The summed E-state index contributed by atoms with van der Waals surface area (Å²) in [5.41, 5.74) is 2.55. The molecule has 0 aromatic heterocycles. The first-order valence-electron chi connectivity index (χ1n) is 4.74. The number of hydrogen-bond donors (Lipinski definition) is 1. The lowest BCUT2D eigenvalue weighted by Crippen LogP contribution is -2.36. The van der Waals surface area contributed by atoms with Crippen molar-refractivity contribution in [1.29, 1.82) is 0 Å². The Morgan fingerprint density at radius 3 is 2.53 bits per heavy atom. The molecule has 0 rings (SSSR count). The molecular weight excluding hydrogens is 214 g/mol. The Kier molecular flexibility index (Phi) is 7.23. The zero-order valence-corrected chi connectivity index (χ0v) is 10.5. The lowest BCUT2D eigenvalue weighted by atomic mass is 10.5. The van der Waals surface area contributed by atoms with Crippen LogP contribution in [0.25, 0.3) is 0 Å². The molecule has 0 bridgehead atoms. The summed E-state index contributed by atoms with van der Waals surface area (Å²) < 4.78 is 10.6. The molecule has 15 heavy (non-hydrogen) atoms. The van der Waals surface area contributed by atoms with Gasteiger partial charge in [0.25, 0.3) is 0 Å². The van der Waals surface area contributed by atoms with Crippen LogP contribution in [0.4, 0.5) is 0 Å². The Bertz CT molecular complexity index is 206. The first kappa shape index (κ1) is 14.3. The van der Waals surface area contributed by atoms with Crippen molar-refractivity contribution in [3.63, 3.8) is 0 Å². The number of carbonyl (C=O) groups is 1. The summed E-state index contributed by atoms with van der Waals surface area (Å²) in [5.74, 6) is -0.478. The van der Waals surface area contributed by atoms with Crippen molar-refractivity contribution in [1.82, 2.24) is 5.48 Å². The number of rotatable bonds is 8. The van der Waals surface area contributed by atoms with Crippen LogP contribution in [0.5, 0.6) is 0 Å². The molecule has 0 saturated carbocycles. The van der Waals surface area contributed by atoms with Crippen molar-refractivity contribution in [3.8, 4) is 0 Å². The van der Waals surface area contributed by atoms with Gasteiger partial charge in [-0.05, 0) is 19.0 Å². The summed E-state index contributed by atoms with van der Waals surface area (Å²) in [4.78, 5) is 15.2. The number of nitrogens with one attached hydrogen (secondary N) is 1. The highest BCUT2D eigenvalue weighted by Crippen LogP contribution is 2.12. The van der Waals surface area contributed by atoms with E-state index in [1.54, 1.807) is 14.2 Å². The molecule has 6 heteroatoms. The molecule has 0 aliphatic heterocycles. The van der Waals surface area contributed by atoms with Gasteiger partial charge in [0.05, 0.1) is 0 Å². The van der Waals surface area contributed by atoms with Gasteiger partial charge in [0.1, 0.15) is 0 Å². The highest BCUT2D eigenvalue weighted by Gasteiger charge is 2.27. The Morgan fingerprint density at radius 1 is 1.47 bits per heavy atom. The van der Waals surface area contributed by atoms with Crippen LogP contribution in [0.1, 0.15) is 6.42 Å². The molecule has 0 amide bonds. The van der Waals surface area contributed by atoms with Gasteiger partial charge in [0.2, 0.25) is 0 Å². The van der Waals surface area contributed by atoms with Crippen LogP contribution in [-0.4, -0.2) is 35.3 Å². The summed E-state index contributed by atoms with van der Waals surface area (Å²) in [6.45, 7) is 5.84. The lowest BCUT2D eigenvalue weighted by molar-refractivity contribution is -0.144. The highest BCUT2D eigenvalue weighted by atomic mass is 28.4. The maximum atomic E-state index is 10.6. The zero-order chi connectivity index (χ0) is 11.7. The summed E-state index contributed by atoms with van der Waals surface area (Å²) in [7, 11) is 1.32. The van der Waals surface area contributed by atoms with Crippen LogP contribution in [0.15, 0.2) is 12.7 Å². The standard InChI is InChI=1S/C9H19NO4Si/c1-5-9(11)14-10-7-6-8-15(4,12-2)13-3/h5,10H,1,6-8H2,2-4H3. The predicted octanol–water partition coefficient (Wildman–Crippen LogP) is 0.975. The normalized spacial score (nSPS) is 11.1. The quantitative estimate of drug-likeness (QED) is 0.293. The van der Waals surface area contributed by atoms with Crippen LogP contribution >= 0.6 is 0 Å². The monoisotopic (exact) mass is 233 g/mol. The van der Waals surface area contributed by atoms with Crippen molar-refractivity contribution in [2.45, 2.75) is 19.0 Å². The van der Waals surface area contributed by atoms with E-state index in [9.17, 15) is 4.79 Å². The first-order chi connectivity index (χ1) is 7.08. The van der Waals surface area contributed by atoms with Gasteiger partial charge in [0.15, 0.2) is 0 Å². The fraction of sp³-hybridized carbons (Fsp3) is 0.667. The second-order valence-corrected chi connectivity index (χ2v) is 6.75. The smallest absolute Gasteiger partial charge is 0.348 e. The van der Waals surface area contributed by atoms with Gasteiger partial charge >= 0.3 is 14.5 Å². The van der Waals surface area contributed by atoms with Gasteiger partial charge < -0.3 is 13.7 Å². The van der Waals surface area contributed by atoms with Crippen molar-refractivity contribution < 1.29 is 18.5 Å². The molecule has 0 aromatic rings. The Labute approximate surface area is 91.6 Å². The van der Waals surface area contributed by atoms with Gasteiger partial charge in [-0.25, -0.2) is 4.79 Å². The predicted molar refractivity (Wildman–Crippen MR) is 59.4 cm³/mol. The Hall–Kier alpha value is -0.693. The minimum absolute atomic E-state index is 0.478. The minimum atomic E-state index is -1.98. The van der Waals surface area contributed by atoms with Gasteiger partial charge in [0, 0.05) is 26.8 Å². The second-order valence-electron chi connectivity index (χ2n) is 3.17. The highest BCUT2D eigenvalue weighted by molar-refractivity contribution is 6.65. The molecule has 0 heterocycles. The molecule has 0 saturated heterocycles. The van der Waals surface area contributed by atoms with Crippen molar-refractivity contribution in [2.75, 3.05) is 20.8 Å². The maximum Gasteiger partial charge on any atom is 0.348 e. The Morgan fingerprint density at radius 2 is 2.07 bits per heavy atom. The first-order valence-corrected chi connectivity index (χ1v) is 7.26. The molecule has 0 spiro atoms. The maximum absolute atomic E-state index is 10.6. The van der Waals surface area contributed by atoms with Crippen LogP contribution in [-0.2, 0) is 18.5 Å². The van der Waals surface area contributed by atoms with E-state index in [1.165, 1.54) is 0 Å². The molecular formula is C9H19NO4Si. The number of hydroxylamine groups is 1. The van der Waals surface area contributed by atoms with E-state index in [1.807, 2.05) is 6.55 Å². The summed E-state index contributed by atoms with van der Waals surface area (Å²) in [6, 6.07) is 0.846. The third-order valence-electron chi connectivity index (χ3n) is 2.11. The summed E-state index contributed by atoms with van der Waals surface area (Å²) in [5, 5.41) is 0. The fourth-order valence-electron chi connectivity index (χ4n) is 0.933. The largest absolute Gasteiger partial charge is 0.398 e. The molecule has 0 fully saturated rings. The molecule has 0 unspecified atom stereocenters. The second kappa shape index (κ2) is 7.58. The molecule has 0 aromatic carbocycles. The van der Waals surface area contributed by atoms with E-state index in [0.717, 1.165) is 18.5 Å². The van der Waals surface area contributed by atoms with Crippen molar-refractivity contribution >= 4 is 14.5 Å². The van der Waals surface area contributed by atoms with E-state index in [2.05, 4.69) is 16.9 Å². The third kappa shape index (κ3) is 6.40. The van der Waals surface area contributed by atoms with E-state index in [4.69, 9.17) is 8.85 Å². The van der Waals surface area contributed by atoms with E-state index >= 15 is 0 Å². The van der Waals surface area contributed by atoms with Gasteiger partial charge in [-0.1, -0.05) is 6.58 Å². The van der Waals surface area contributed by atoms with Gasteiger partial charge in [-0.2, -0.15) is 5.48 Å². The van der Waals surface area contributed by atoms with Crippen LogP contribution < -0.4 is 5.48 Å². The topological polar surface area (TPSA) is 56.8 Å². The van der Waals surface area contributed by atoms with E-state index < -0.39 is 14.5 Å². The number of hydrogen-bond acceptors (Lipinski definition) is 5. The molecule has 0 aliphatic carbocycles. The molecule has 5 nitrogen and oxygen atoms in total. The Balaban J connectivity index is 3.53. The summed E-state index contributed by atoms with van der Waals surface area (Å²) >= 11 is 0. The third-order valence-corrected chi connectivity index (χ3v) is 5.10. The van der Waals surface area contributed by atoms with Crippen molar-refractivity contribution in [3.05, 3.63) is 12.7 Å². The molecule has 0 atom stereocenters. The van der Waals surface area contributed by atoms with Crippen LogP contribution in [0.2, 0.25) is 12.6 Å². The van der Waals surface area contributed by atoms with Crippen molar-refractivity contribution in [2.24, 2.45) is 0 Å². The average molecular weight is 233 g/mol.